The van der Waals surface area contributed by atoms with E-state index in [1.165, 1.54) is 4.90 Å². The zero-order chi connectivity index (χ0) is 33.1. The molecule has 0 unspecified atom stereocenters. The number of carbonyl (C=O) groups is 3. The molecule has 0 saturated carbocycles. The normalized spacial score (nSPS) is 11.2. The number of hydrogen-bond donors (Lipinski definition) is 2. The van der Waals surface area contributed by atoms with E-state index in [1.807, 2.05) is 55.5 Å². The standard InChI is InChI=1S/C37H42N4O4/c1-9-33(42)38-32-20-24(13-18-30(32)36(45)40(6)7)19-26-21-27(22-41(8)35(26)44)29-11-10-12-31(23(29)2)39-34(43)25-14-16-28(17-15-25)37(3,4)5/h10-18,20-22H,9,19H2,1-8H3,(H,38,42)(H,39,43). The minimum absolute atomic E-state index is 0.00356. The smallest absolute Gasteiger partial charge is 0.255 e. The van der Waals surface area contributed by atoms with Crippen molar-refractivity contribution >= 4 is 29.1 Å². The first-order chi connectivity index (χ1) is 21.2. The topological polar surface area (TPSA) is 101 Å². The van der Waals surface area contributed by atoms with Gasteiger partial charge in [-0.15, -0.1) is 0 Å². The molecule has 0 aliphatic heterocycles. The molecule has 0 saturated heterocycles. The molecule has 0 fully saturated rings. The summed E-state index contributed by atoms with van der Waals surface area (Å²) in [7, 11) is 5.02. The summed E-state index contributed by atoms with van der Waals surface area (Å²) < 4.78 is 1.55. The van der Waals surface area contributed by atoms with Gasteiger partial charge in [0.25, 0.3) is 17.4 Å². The number of carbonyl (C=O) groups excluding carboxylic acids is 3. The van der Waals surface area contributed by atoms with Gasteiger partial charge in [0.05, 0.1) is 11.3 Å². The first-order valence-electron chi connectivity index (χ1n) is 15.1. The molecule has 8 nitrogen and oxygen atoms in total. The Morgan fingerprint density at radius 1 is 0.889 bits per heavy atom. The molecular weight excluding hydrogens is 564 g/mol. The SMILES string of the molecule is CCC(=O)Nc1cc(Cc2cc(-c3cccc(NC(=O)c4ccc(C(C)(C)C)cc4)c3C)cn(C)c2=O)ccc1C(=O)N(C)C. The van der Waals surface area contributed by atoms with E-state index in [2.05, 4.69) is 31.4 Å². The van der Waals surface area contributed by atoms with Gasteiger partial charge < -0.3 is 20.1 Å². The number of aryl methyl sites for hydroxylation is 1. The van der Waals surface area contributed by atoms with Crippen LogP contribution in [0.2, 0.25) is 0 Å². The van der Waals surface area contributed by atoms with Crippen molar-refractivity contribution in [2.75, 3.05) is 24.7 Å². The number of nitrogens with one attached hydrogen (secondary N) is 2. The van der Waals surface area contributed by atoms with E-state index >= 15 is 0 Å². The Labute approximate surface area is 265 Å². The lowest BCUT2D eigenvalue weighted by Gasteiger charge is -2.19. The Balaban J connectivity index is 1.65. The molecule has 1 aromatic heterocycles. The maximum atomic E-state index is 13.2. The van der Waals surface area contributed by atoms with E-state index in [0.717, 1.165) is 27.8 Å². The Hall–Kier alpha value is -4.98. The van der Waals surface area contributed by atoms with E-state index in [9.17, 15) is 19.2 Å². The molecule has 4 aromatic rings. The van der Waals surface area contributed by atoms with Crippen LogP contribution in [0, 0.1) is 6.92 Å². The molecule has 3 aromatic carbocycles. The highest BCUT2D eigenvalue weighted by atomic mass is 16.2. The van der Waals surface area contributed by atoms with Gasteiger partial charge >= 0.3 is 0 Å². The Bertz CT molecular complexity index is 1810. The average molecular weight is 607 g/mol. The Morgan fingerprint density at radius 2 is 1.58 bits per heavy atom. The highest BCUT2D eigenvalue weighted by Gasteiger charge is 2.18. The van der Waals surface area contributed by atoms with Gasteiger partial charge in [-0.25, -0.2) is 0 Å². The number of hydrogen-bond acceptors (Lipinski definition) is 4. The van der Waals surface area contributed by atoms with Crippen LogP contribution in [0.25, 0.3) is 11.1 Å². The zero-order valence-corrected chi connectivity index (χ0v) is 27.4. The maximum Gasteiger partial charge on any atom is 0.255 e. The second kappa shape index (κ2) is 13.3. The van der Waals surface area contributed by atoms with Crippen LogP contribution in [0.1, 0.15) is 77.1 Å². The number of nitrogens with zero attached hydrogens (tertiary/aromatic N) is 2. The number of anilines is 2. The van der Waals surface area contributed by atoms with Crippen molar-refractivity contribution in [3.8, 4) is 11.1 Å². The third-order valence-electron chi connectivity index (χ3n) is 7.87. The van der Waals surface area contributed by atoms with Gasteiger partial charge in [-0.1, -0.05) is 58.0 Å². The van der Waals surface area contributed by atoms with Crippen LogP contribution >= 0.6 is 0 Å². The number of rotatable bonds is 8. The van der Waals surface area contributed by atoms with Crippen LogP contribution < -0.4 is 16.2 Å². The fourth-order valence-electron chi connectivity index (χ4n) is 5.14. The summed E-state index contributed by atoms with van der Waals surface area (Å²) in [6.45, 7) is 10.1. The summed E-state index contributed by atoms with van der Waals surface area (Å²) in [5.74, 6) is -0.628. The van der Waals surface area contributed by atoms with Gasteiger partial charge in [-0.2, -0.15) is 0 Å². The molecule has 8 heteroatoms. The second-order valence-corrected chi connectivity index (χ2v) is 12.6. The van der Waals surface area contributed by atoms with Gasteiger partial charge in [0.1, 0.15) is 0 Å². The summed E-state index contributed by atoms with van der Waals surface area (Å²) in [4.78, 5) is 52.8. The highest BCUT2D eigenvalue weighted by molar-refractivity contribution is 6.05. The number of benzene rings is 3. The van der Waals surface area contributed by atoms with Crippen LogP contribution in [0.3, 0.4) is 0 Å². The van der Waals surface area contributed by atoms with E-state index in [-0.39, 0.29) is 35.1 Å². The molecular formula is C37H42N4O4. The van der Waals surface area contributed by atoms with Crippen molar-refractivity contribution in [2.45, 2.75) is 52.9 Å². The largest absolute Gasteiger partial charge is 0.345 e. The van der Waals surface area contributed by atoms with Gasteiger partial charge in [-0.05, 0) is 76.6 Å². The highest BCUT2D eigenvalue weighted by Crippen LogP contribution is 2.30. The third kappa shape index (κ3) is 7.58. The second-order valence-electron chi connectivity index (χ2n) is 12.6. The fourth-order valence-corrected chi connectivity index (χ4v) is 5.14. The Morgan fingerprint density at radius 3 is 2.20 bits per heavy atom. The fraction of sp³-hybridized carbons (Fsp3) is 0.297. The molecule has 0 spiro atoms. The molecule has 45 heavy (non-hydrogen) atoms. The van der Waals surface area contributed by atoms with E-state index < -0.39 is 0 Å². The minimum Gasteiger partial charge on any atom is -0.345 e. The van der Waals surface area contributed by atoms with Crippen molar-refractivity contribution < 1.29 is 14.4 Å². The van der Waals surface area contributed by atoms with E-state index in [1.54, 1.807) is 57.0 Å². The minimum atomic E-state index is -0.227. The van der Waals surface area contributed by atoms with Crippen LogP contribution in [0.5, 0.6) is 0 Å². The molecule has 1 heterocycles. The molecule has 0 radical (unpaired) electrons. The van der Waals surface area contributed by atoms with Crippen molar-refractivity contribution in [1.29, 1.82) is 0 Å². The first-order valence-corrected chi connectivity index (χ1v) is 15.1. The lowest BCUT2D eigenvalue weighted by atomic mass is 9.86. The molecule has 4 rings (SSSR count). The molecule has 0 aliphatic rings. The molecule has 0 aliphatic carbocycles. The third-order valence-corrected chi connectivity index (χ3v) is 7.87. The molecule has 0 atom stereocenters. The molecule has 2 N–H and O–H groups in total. The predicted octanol–water partition coefficient (Wildman–Crippen LogP) is 6.55. The summed E-state index contributed by atoms with van der Waals surface area (Å²) >= 11 is 0. The zero-order valence-electron chi connectivity index (χ0n) is 27.4. The van der Waals surface area contributed by atoms with Gasteiger partial charge in [-0.3, -0.25) is 19.2 Å². The van der Waals surface area contributed by atoms with Crippen LogP contribution in [-0.4, -0.2) is 41.3 Å². The van der Waals surface area contributed by atoms with Crippen LogP contribution in [0.4, 0.5) is 11.4 Å². The molecule has 3 amide bonds. The maximum absolute atomic E-state index is 13.2. The molecule has 0 bridgehead atoms. The van der Waals surface area contributed by atoms with Crippen molar-refractivity contribution in [1.82, 2.24) is 9.47 Å². The summed E-state index contributed by atoms with van der Waals surface area (Å²) in [5.41, 5.74) is 6.98. The summed E-state index contributed by atoms with van der Waals surface area (Å²) in [5, 5.41) is 5.88. The number of pyridine rings is 1. The summed E-state index contributed by atoms with van der Waals surface area (Å²) in [6.07, 6.45) is 2.35. The molecule has 234 valence electrons. The van der Waals surface area contributed by atoms with Gasteiger partial charge in [0, 0.05) is 57.0 Å². The number of aromatic nitrogens is 1. The van der Waals surface area contributed by atoms with Crippen molar-refractivity contribution in [3.63, 3.8) is 0 Å². The lowest BCUT2D eigenvalue weighted by Crippen LogP contribution is -2.24. The monoisotopic (exact) mass is 606 g/mol. The van der Waals surface area contributed by atoms with Crippen molar-refractivity contribution in [2.24, 2.45) is 7.05 Å². The lowest BCUT2D eigenvalue weighted by molar-refractivity contribution is -0.115. The van der Waals surface area contributed by atoms with Gasteiger partial charge in [0.2, 0.25) is 5.91 Å². The quantitative estimate of drug-likeness (QED) is 0.238. The van der Waals surface area contributed by atoms with Gasteiger partial charge in [0.15, 0.2) is 0 Å². The Kier molecular flexibility index (Phi) is 9.76. The van der Waals surface area contributed by atoms with Crippen LogP contribution in [0.15, 0.2) is 77.7 Å². The average Bonchev–Trinajstić information content (AvgIpc) is 2.99. The van der Waals surface area contributed by atoms with E-state index in [0.29, 0.717) is 34.5 Å². The van der Waals surface area contributed by atoms with Crippen molar-refractivity contribution in [3.05, 3.63) is 117 Å². The predicted molar refractivity (Wildman–Crippen MR) is 181 cm³/mol. The van der Waals surface area contributed by atoms with Crippen LogP contribution in [-0.2, 0) is 23.7 Å². The number of amides is 3. The summed E-state index contributed by atoms with van der Waals surface area (Å²) in [6, 6.07) is 20.5. The van der Waals surface area contributed by atoms with E-state index in [4.69, 9.17) is 0 Å². The first kappa shape index (κ1) is 32.9.